The van der Waals surface area contributed by atoms with E-state index in [1.807, 2.05) is 28.8 Å². The normalized spacial score (nSPS) is 10.8. The lowest BCUT2D eigenvalue weighted by Gasteiger charge is -2.01. The van der Waals surface area contributed by atoms with Crippen LogP contribution in [0.2, 0.25) is 0 Å². The van der Waals surface area contributed by atoms with Gasteiger partial charge in [-0.1, -0.05) is 6.07 Å². The van der Waals surface area contributed by atoms with E-state index in [2.05, 4.69) is 15.5 Å². The van der Waals surface area contributed by atoms with Gasteiger partial charge in [-0.15, -0.1) is 10.2 Å². The maximum atomic E-state index is 11.9. The minimum Gasteiger partial charge on any atom is -0.455 e. The van der Waals surface area contributed by atoms with Gasteiger partial charge < -0.3 is 15.5 Å². The lowest BCUT2D eigenvalue weighted by molar-refractivity contribution is 0.0920. The molecule has 0 aliphatic rings. The zero-order valence-corrected chi connectivity index (χ0v) is 10.6. The molecule has 0 spiro atoms. The van der Waals surface area contributed by atoms with Crippen molar-refractivity contribution in [2.24, 2.45) is 5.73 Å². The number of nitrogens with zero attached hydrogens (tertiary/aromatic N) is 3. The minimum absolute atomic E-state index is 0.235. The molecule has 0 bridgehead atoms. The van der Waals surface area contributed by atoms with Crippen molar-refractivity contribution in [2.45, 2.75) is 13.1 Å². The number of nitrogens with one attached hydrogen (secondary N) is 1. The molecule has 102 valence electrons. The summed E-state index contributed by atoms with van der Waals surface area (Å²) in [6.45, 7) is 0.533. The molecule has 20 heavy (non-hydrogen) atoms. The van der Waals surface area contributed by atoms with Gasteiger partial charge in [0.1, 0.15) is 5.76 Å². The molecule has 3 aromatic heterocycles. The summed E-state index contributed by atoms with van der Waals surface area (Å²) in [4.78, 5) is 11.9. The fraction of sp³-hybridized carbons (Fsp3) is 0.154. The van der Waals surface area contributed by atoms with Gasteiger partial charge in [-0.2, -0.15) is 0 Å². The first-order chi connectivity index (χ1) is 9.78. The Bertz CT molecular complexity index is 746. The third-order valence-corrected chi connectivity index (χ3v) is 2.88. The van der Waals surface area contributed by atoms with E-state index in [1.54, 1.807) is 12.1 Å². The monoisotopic (exact) mass is 271 g/mol. The smallest absolute Gasteiger partial charge is 0.287 e. The molecule has 0 saturated carbocycles. The quantitative estimate of drug-likeness (QED) is 0.728. The lowest BCUT2D eigenvalue weighted by atomic mass is 10.4. The number of hydrogen-bond donors (Lipinski definition) is 2. The number of amides is 1. The maximum absolute atomic E-state index is 11.9. The van der Waals surface area contributed by atoms with Crippen LogP contribution in [0.3, 0.4) is 0 Å². The molecule has 0 fully saturated rings. The van der Waals surface area contributed by atoms with Gasteiger partial charge in [-0.05, 0) is 24.3 Å². The molecule has 0 aromatic carbocycles. The fourth-order valence-corrected chi connectivity index (χ4v) is 1.87. The highest BCUT2D eigenvalue weighted by atomic mass is 16.4. The van der Waals surface area contributed by atoms with E-state index in [0.29, 0.717) is 11.6 Å². The van der Waals surface area contributed by atoms with E-state index in [-0.39, 0.29) is 24.8 Å². The second-order valence-corrected chi connectivity index (χ2v) is 4.20. The summed E-state index contributed by atoms with van der Waals surface area (Å²) in [7, 11) is 0. The summed E-state index contributed by atoms with van der Waals surface area (Å²) < 4.78 is 7.09. The predicted octanol–water partition coefficient (Wildman–Crippen LogP) is 0.711. The van der Waals surface area contributed by atoms with E-state index in [4.69, 9.17) is 10.2 Å². The highest BCUT2D eigenvalue weighted by Crippen LogP contribution is 2.07. The third kappa shape index (κ3) is 2.26. The fourth-order valence-electron chi connectivity index (χ4n) is 1.87. The summed E-state index contributed by atoms with van der Waals surface area (Å²) in [6.07, 6.45) is 1.84. The van der Waals surface area contributed by atoms with Gasteiger partial charge in [0, 0.05) is 6.20 Å². The Morgan fingerprint density at radius 1 is 1.30 bits per heavy atom. The van der Waals surface area contributed by atoms with Gasteiger partial charge in [0.2, 0.25) is 0 Å². The first-order valence-corrected chi connectivity index (χ1v) is 6.13. The Hall–Kier alpha value is -2.67. The molecule has 0 aliphatic carbocycles. The molecular formula is C13H13N5O2. The number of furan rings is 1. The summed E-state index contributed by atoms with van der Waals surface area (Å²) >= 11 is 0. The van der Waals surface area contributed by atoms with Gasteiger partial charge in [0.05, 0.1) is 13.1 Å². The third-order valence-electron chi connectivity index (χ3n) is 2.88. The van der Waals surface area contributed by atoms with Crippen LogP contribution >= 0.6 is 0 Å². The van der Waals surface area contributed by atoms with Crippen LogP contribution in [0.5, 0.6) is 0 Å². The van der Waals surface area contributed by atoms with Gasteiger partial charge in [-0.3, -0.25) is 9.20 Å². The topological polar surface area (TPSA) is 98.5 Å². The second kappa shape index (κ2) is 5.14. The Kier molecular flexibility index (Phi) is 3.18. The maximum Gasteiger partial charge on any atom is 0.287 e. The molecule has 0 saturated heterocycles. The highest BCUT2D eigenvalue weighted by Gasteiger charge is 2.12. The zero-order valence-electron chi connectivity index (χ0n) is 10.6. The van der Waals surface area contributed by atoms with E-state index in [9.17, 15) is 4.79 Å². The number of rotatable bonds is 4. The molecule has 7 heteroatoms. The van der Waals surface area contributed by atoms with E-state index >= 15 is 0 Å². The van der Waals surface area contributed by atoms with Crippen molar-refractivity contribution in [1.29, 1.82) is 0 Å². The second-order valence-electron chi connectivity index (χ2n) is 4.20. The van der Waals surface area contributed by atoms with Gasteiger partial charge in [0.25, 0.3) is 5.91 Å². The number of carbonyl (C=O) groups excluding carboxylic acids is 1. The first kappa shape index (κ1) is 12.4. The van der Waals surface area contributed by atoms with E-state index in [0.717, 1.165) is 5.65 Å². The highest BCUT2D eigenvalue weighted by molar-refractivity contribution is 5.91. The molecule has 0 unspecified atom stereocenters. The van der Waals surface area contributed by atoms with Crippen molar-refractivity contribution in [3.8, 4) is 0 Å². The van der Waals surface area contributed by atoms with Crippen LogP contribution in [0, 0.1) is 0 Å². The van der Waals surface area contributed by atoms with E-state index < -0.39 is 0 Å². The van der Waals surface area contributed by atoms with Crippen molar-refractivity contribution < 1.29 is 9.21 Å². The average Bonchev–Trinajstić information content (AvgIpc) is 3.11. The molecule has 0 radical (unpaired) electrons. The summed E-state index contributed by atoms with van der Waals surface area (Å²) in [6, 6.07) is 8.88. The van der Waals surface area contributed by atoms with Crippen LogP contribution in [0.25, 0.3) is 5.65 Å². The summed E-state index contributed by atoms with van der Waals surface area (Å²) in [5, 5.41) is 10.8. The van der Waals surface area contributed by atoms with Crippen LogP contribution < -0.4 is 11.1 Å². The Labute approximate surface area is 114 Å². The number of hydrogen-bond acceptors (Lipinski definition) is 5. The molecule has 0 atom stereocenters. The molecule has 3 rings (SSSR count). The largest absolute Gasteiger partial charge is 0.455 e. The number of pyridine rings is 1. The number of aromatic nitrogens is 3. The van der Waals surface area contributed by atoms with Crippen LogP contribution in [0.4, 0.5) is 0 Å². The summed E-state index contributed by atoms with van der Waals surface area (Å²) in [5.74, 6) is 1.15. The van der Waals surface area contributed by atoms with Gasteiger partial charge in [-0.25, -0.2) is 0 Å². The molecule has 3 N–H and O–H groups in total. The van der Waals surface area contributed by atoms with Crippen LogP contribution in [-0.4, -0.2) is 20.5 Å². The van der Waals surface area contributed by atoms with Gasteiger partial charge in [0.15, 0.2) is 17.2 Å². The number of fused-ring (bicyclic) bond motifs is 1. The molecule has 1 amide bonds. The Morgan fingerprint density at radius 3 is 3.00 bits per heavy atom. The minimum atomic E-state index is -0.308. The Morgan fingerprint density at radius 2 is 2.20 bits per heavy atom. The number of carbonyl (C=O) groups is 1. The first-order valence-electron chi connectivity index (χ1n) is 6.13. The van der Waals surface area contributed by atoms with Crippen molar-refractivity contribution in [3.05, 3.63) is 53.9 Å². The molecule has 3 heterocycles. The predicted molar refractivity (Wildman–Crippen MR) is 70.8 cm³/mol. The standard InChI is InChI=1S/C13H13N5O2/c14-7-9-4-5-10(20-9)13(19)15-8-12-17-16-11-3-1-2-6-18(11)12/h1-6H,7-8,14H2,(H,15,19). The average molecular weight is 271 g/mol. The van der Waals surface area contributed by atoms with Crippen molar-refractivity contribution in [3.63, 3.8) is 0 Å². The van der Waals surface area contributed by atoms with Crippen LogP contribution in [0.1, 0.15) is 22.1 Å². The molecule has 7 nitrogen and oxygen atoms in total. The number of nitrogens with two attached hydrogens (primary N) is 1. The van der Waals surface area contributed by atoms with Crippen molar-refractivity contribution in [1.82, 2.24) is 19.9 Å². The molecule has 0 aliphatic heterocycles. The Balaban J connectivity index is 1.71. The van der Waals surface area contributed by atoms with Crippen molar-refractivity contribution >= 4 is 11.6 Å². The van der Waals surface area contributed by atoms with Gasteiger partial charge >= 0.3 is 0 Å². The molecular weight excluding hydrogens is 258 g/mol. The molecule has 3 aromatic rings. The van der Waals surface area contributed by atoms with E-state index in [1.165, 1.54) is 0 Å². The lowest BCUT2D eigenvalue weighted by Crippen LogP contribution is -2.23. The van der Waals surface area contributed by atoms with Crippen molar-refractivity contribution in [2.75, 3.05) is 0 Å². The van der Waals surface area contributed by atoms with Crippen LogP contribution in [0.15, 0.2) is 40.9 Å². The van der Waals surface area contributed by atoms with Crippen LogP contribution in [-0.2, 0) is 13.1 Å². The zero-order chi connectivity index (χ0) is 13.9. The summed E-state index contributed by atoms with van der Waals surface area (Å²) in [5.41, 5.74) is 6.17. The SMILES string of the molecule is NCc1ccc(C(=O)NCc2nnc3ccccn23)o1.